The van der Waals surface area contributed by atoms with Gasteiger partial charge < -0.3 is 0 Å². The summed E-state index contributed by atoms with van der Waals surface area (Å²) in [6.45, 7) is 0. The van der Waals surface area contributed by atoms with Crippen molar-refractivity contribution in [2.45, 2.75) is 6.42 Å². The predicted molar refractivity (Wildman–Crippen MR) is 69.3 cm³/mol. The number of hydrogen-bond donors (Lipinski definition) is 0. The maximum atomic E-state index is 5.38. The van der Waals surface area contributed by atoms with E-state index >= 15 is 0 Å². The second-order valence-corrected chi connectivity index (χ2v) is 5.03. The summed E-state index contributed by atoms with van der Waals surface area (Å²) in [5.74, 6) is 4.46. The first-order chi connectivity index (χ1) is 6.41. The van der Waals surface area contributed by atoms with Gasteiger partial charge in [0, 0.05) is 22.6 Å². The van der Waals surface area contributed by atoms with E-state index < -0.39 is 0 Å². The molecule has 0 nitrogen and oxygen atoms in total. The van der Waals surface area contributed by atoms with Gasteiger partial charge in [0.15, 0.2) is 0 Å². The second-order valence-electron chi connectivity index (χ2n) is 2.23. The zero-order valence-corrected chi connectivity index (χ0v) is 10.6. The first-order valence-electron chi connectivity index (χ1n) is 4.07. The quantitative estimate of drug-likeness (QED) is 0.593. The van der Waals surface area contributed by atoms with Crippen molar-refractivity contribution in [2.24, 2.45) is 0 Å². The van der Waals surface area contributed by atoms with Crippen molar-refractivity contribution in [3.8, 4) is 0 Å². The van der Waals surface area contributed by atoms with Gasteiger partial charge in [0.2, 0.25) is 0 Å². The Labute approximate surface area is 99.1 Å². The van der Waals surface area contributed by atoms with E-state index in [1.807, 2.05) is 35.7 Å². The van der Waals surface area contributed by atoms with Crippen LogP contribution < -0.4 is 0 Å². The van der Waals surface area contributed by atoms with Crippen LogP contribution in [0.4, 0.5) is 0 Å². The maximum absolute atomic E-state index is 5.38. The molecule has 0 bridgehead atoms. The SMILES string of the molecule is ClC=CCSCCCSCC=CCl. The monoisotopic (exact) mass is 256 g/mol. The number of rotatable bonds is 8. The molecule has 0 aliphatic rings. The first-order valence-corrected chi connectivity index (χ1v) is 7.26. The highest BCUT2D eigenvalue weighted by molar-refractivity contribution is 8.00. The number of halogens is 2. The number of thioether (sulfide) groups is 2. The summed E-state index contributed by atoms with van der Waals surface area (Å²) in [7, 11) is 0. The minimum atomic E-state index is 1.02. The first kappa shape index (κ1) is 13.8. The number of hydrogen-bond acceptors (Lipinski definition) is 2. The minimum absolute atomic E-state index is 1.02. The van der Waals surface area contributed by atoms with Crippen molar-refractivity contribution >= 4 is 46.7 Å². The average molecular weight is 257 g/mol. The summed E-state index contributed by atoms with van der Waals surface area (Å²) < 4.78 is 0. The average Bonchev–Trinajstić information content (AvgIpc) is 2.16. The van der Waals surface area contributed by atoms with E-state index in [-0.39, 0.29) is 0 Å². The Balaban J connectivity index is 2.91. The lowest BCUT2D eigenvalue weighted by Crippen LogP contribution is -1.85. The molecule has 76 valence electrons. The third-order valence-electron chi connectivity index (χ3n) is 1.18. The molecule has 0 aliphatic heterocycles. The highest BCUT2D eigenvalue weighted by Crippen LogP contribution is 2.08. The van der Waals surface area contributed by atoms with Crippen LogP contribution in [0.2, 0.25) is 0 Å². The summed E-state index contributed by atoms with van der Waals surface area (Å²) in [4.78, 5) is 0. The Bertz CT molecular complexity index is 131. The van der Waals surface area contributed by atoms with Crippen LogP contribution in [-0.4, -0.2) is 23.0 Å². The van der Waals surface area contributed by atoms with Crippen molar-refractivity contribution in [2.75, 3.05) is 23.0 Å². The zero-order valence-electron chi connectivity index (χ0n) is 7.42. The van der Waals surface area contributed by atoms with E-state index in [0.29, 0.717) is 0 Å². The van der Waals surface area contributed by atoms with Gasteiger partial charge in [-0.15, -0.1) is 0 Å². The normalized spacial score (nSPS) is 11.8. The summed E-state index contributed by atoms with van der Waals surface area (Å²) in [6.07, 6.45) is 5.19. The van der Waals surface area contributed by atoms with Gasteiger partial charge in [0.05, 0.1) is 0 Å². The Morgan fingerprint density at radius 3 is 1.69 bits per heavy atom. The Morgan fingerprint density at radius 2 is 1.31 bits per heavy atom. The van der Waals surface area contributed by atoms with E-state index in [1.54, 1.807) is 11.1 Å². The van der Waals surface area contributed by atoms with Gasteiger partial charge in [0.25, 0.3) is 0 Å². The van der Waals surface area contributed by atoms with E-state index in [9.17, 15) is 0 Å². The third kappa shape index (κ3) is 12.8. The molecule has 0 amide bonds. The van der Waals surface area contributed by atoms with Crippen molar-refractivity contribution in [3.63, 3.8) is 0 Å². The van der Waals surface area contributed by atoms with Crippen molar-refractivity contribution in [1.29, 1.82) is 0 Å². The largest absolute Gasteiger partial charge is 0.158 e. The van der Waals surface area contributed by atoms with Crippen LogP contribution in [0.15, 0.2) is 23.2 Å². The van der Waals surface area contributed by atoms with Crippen molar-refractivity contribution in [3.05, 3.63) is 23.2 Å². The molecular formula is C9H14Cl2S2. The van der Waals surface area contributed by atoms with Gasteiger partial charge in [-0.1, -0.05) is 35.4 Å². The molecule has 0 spiro atoms. The molecule has 0 N–H and O–H groups in total. The third-order valence-corrected chi connectivity index (χ3v) is 3.55. The van der Waals surface area contributed by atoms with E-state index in [2.05, 4.69) is 0 Å². The summed E-state index contributed by atoms with van der Waals surface area (Å²) in [6, 6.07) is 0. The predicted octanol–water partition coefficient (Wildman–Crippen LogP) is 4.35. The molecule has 0 rings (SSSR count). The lowest BCUT2D eigenvalue weighted by molar-refractivity contribution is 1.12. The van der Waals surface area contributed by atoms with Crippen LogP contribution in [0.1, 0.15) is 6.42 Å². The fraction of sp³-hybridized carbons (Fsp3) is 0.556. The maximum Gasteiger partial charge on any atom is 0.0125 e. The molecular weight excluding hydrogens is 243 g/mol. The Morgan fingerprint density at radius 1 is 0.846 bits per heavy atom. The van der Waals surface area contributed by atoms with Gasteiger partial charge in [-0.05, 0) is 17.9 Å². The lowest BCUT2D eigenvalue weighted by Gasteiger charge is -1.97. The molecule has 13 heavy (non-hydrogen) atoms. The molecule has 0 fully saturated rings. The smallest absolute Gasteiger partial charge is 0.0125 e. The molecule has 4 heteroatoms. The van der Waals surface area contributed by atoms with Crippen LogP contribution in [0.5, 0.6) is 0 Å². The topological polar surface area (TPSA) is 0 Å². The molecule has 0 aromatic carbocycles. The van der Waals surface area contributed by atoms with Crippen molar-refractivity contribution < 1.29 is 0 Å². The van der Waals surface area contributed by atoms with Crippen LogP contribution in [0.3, 0.4) is 0 Å². The Kier molecular flexibility index (Phi) is 13.5. The molecule has 0 saturated heterocycles. The molecule has 0 unspecified atom stereocenters. The van der Waals surface area contributed by atoms with Crippen molar-refractivity contribution in [1.82, 2.24) is 0 Å². The molecule has 0 heterocycles. The summed E-state index contributed by atoms with van der Waals surface area (Å²) in [5, 5.41) is 0. The minimum Gasteiger partial charge on any atom is -0.158 e. The Hall–Kier alpha value is 0.760. The zero-order chi connectivity index (χ0) is 9.78. The van der Waals surface area contributed by atoms with Gasteiger partial charge in [-0.25, -0.2) is 0 Å². The summed E-state index contributed by atoms with van der Waals surface area (Å²) in [5.41, 5.74) is 3.15. The molecule has 0 atom stereocenters. The molecule has 0 aromatic heterocycles. The van der Waals surface area contributed by atoms with Crippen LogP contribution in [0.25, 0.3) is 0 Å². The molecule has 0 aromatic rings. The van der Waals surface area contributed by atoms with Gasteiger partial charge in [-0.2, -0.15) is 23.5 Å². The molecule has 0 radical (unpaired) electrons. The van der Waals surface area contributed by atoms with E-state index in [0.717, 1.165) is 11.5 Å². The van der Waals surface area contributed by atoms with Crippen LogP contribution >= 0.6 is 46.7 Å². The standard InChI is InChI=1S/C9H14Cl2S2/c10-4-1-6-12-8-3-9-13-7-2-5-11/h1-2,4-5H,3,6-9H2. The fourth-order valence-corrected chi connectivity index (χ4v) is 2.71. The van der Waals surface area contributed by atoms with Gasteiger partial charge >= 0.3 is 0 Å². The van der Waals surface area contributed by atoms with Gasteiger partial charge in [-0.3, -0.25) is 0 Å². The van der Waals surface area contributed by atoms with Gasteiger partial charge in [0.1, 0.15) is 0 Å². The van der Waals surface area contributed by atoms with Crippen LogP contribution in [0, 0.1) is 0 Å². The highest BCUT2D eigenvalue weighted by atomic mass is 35.5. The fourth-order valence-electron chi connectivity index (χ4n) is 0.639. The summed E-state index contributed by atoms with van der Waals surface area (Å²) >= 11 is 14.6. The van der Waals surface area contributed by atoms with E-state index in [4.69, 9.17) is 23.2 Å². The molecule has 0 saturated carbocycles. The molecule has 0 aliphatic carbocycles. The van der Waals surface area contributed by atoms with Crippen LogP contribution in [-0.2, 0) is 0 Å². The lowest BCUT2D eigenvalue weighted by atomic mass is 10.6. The highest BCUT2D eigenvalue weighted by Gasteiger charge is 1.88. The van der Waals surface area contributed by atoms with E-state index in [1.165, 1.54) is 17.9 Å². The second kappa shape index (κ2) is 12.8.